The largest absolute Gasteiger partial charge is 0.480 e. The summed E-state index contributed by atoms with van der Waals surface area (Å²) in [6.45, 7) is 5.48. The van der Waals surface area contributed by atoms with E-state index in [2.05, 4.69) is 29.6 Å². The van der Waals surface area contributed by atoms with E-state index in [0.717, 1.165) is 17.5 Å². The van der Waals surface area contributed by atoms with Crippen molar-refractivity contribution < 1.29 is 24.2 Å². The fourth-order valence-electron chi connectivity index (χ4n) is 6.09. The molecule has 0 heterocycles. The minimum atomic E-state index is -1.02. The number of alkyl carbamates (subject to hydrolysis) is 1. The maximum absolute atomic E-state index is 13.4. The Hall–Kier alpha value is -3.35. The fourth-order valence-corrected chi connectivity index (χ4v) is 6.09. The number of aliphatic carboxylic acids is 1. The van der Waals surface area contributed by atoms with Crippen LogP contribution in [0.5, 0.6) is 0 Å². The summed E-state index contributed by atoms with van der Waals surface area (Å²) in [5, 5.41) is 12.3. The monoisotopic (exact) mass is 476 g/mol. The molecular weight excluding hydrogens is 444 g/mol. The molecule has 3 aliphatic rings. The molecule has 2 N–H and O–H groups in total. The van der Waals surface area contributed by atoms with Crippen LogP contribution in [0.25, 0.3) is 11.1 Å². The zero-order chi connectivity index (χ0) is 25.0. The molecule has 0 unspecified atom stereocenters. The van der Waals surface area contributed by atoms with Crippen LogP contribution in [0, 0.1) is 11.3 Å². The fraction of sp³-hybridized carbons (Fsp3) is 0.464. The van der Waals surface area contributed by atoms with Gasteiger partial charge in [0.2, 0.25) is 5.91 Å². The Morgan fingerprint density at radius 2 is 1.63 bits per heavy atom. The molecule has 35 heavy (non-hydrogen) atoms. The van der Waals surface area contributed by atoms with Gasteiger partial charge in [0.1, 0.15) is 13.2 Å². The van der Waals surface area contributed by atoms with Gasteiger partial charge in [-0.25, -0.2) is 4.79 Å². The van der Waals surface area contributed by atoms with Gasteiger partial charge in [0.15, 0.2) is 0 Å². The summed E-state index contributed by atoms with van der Waals surface area (Å²) in [4.78, 5) is 38.9. The molecule has 0 spiro atoms. The van der Waals surface area contributed by atoms with Crippen LogP contribution in [0.1, 0.15) is 57.1 Å². The molecular formula is C28H32N2O5. The van der Waals surface area contributed by atoms with Crippen molar-refractivity contribution in [2.45, 2.75) is 57.5 Å². The van der Waals surface area contributed by atoms with Crippen molar-refractivity contribution in [3.8, 4) is 11.1 Å². The number of hydrogen-bond acceptors (Lipinski definition) is 4. The van der Waals surface area contributed by atoms with E-state index in [0.29, 0.717) is 12.8 Å². The molecule has 3 atom stereocenters. The van der Waals surface area contributed by atoms with E-state index in [-0.39, 0.29) is 36.9 Å². The lowest BCUT2D eigenvalue weighted by Gasteiger charge is -2.37. The van der Waals surface area contributed by atoms with E-state index < -0.39 is 23.0 Å². The summed E-state index contributed by atoms with van der Waals surface area (Å²) in [6, 6.07) is 16.3. The number of hydrogen-bond donors (Lipinski definition) is 2. The Bertz CT molecular complexity index is 1140. The Morgan fingerprint density at radius 1 is 1.03 bits per heavy atom. The second kappa shape index (κ2) is 8.40. The number of amides is 2. The van der Waals surface area contributed by atoms with Crippen molar-refractivity contribution >= 4 is 18.0 Å². The van der Waals surface area contributed by atoms with E-state index in [1.807, 2.05) is 45.0 Å². The van der Waals surface area contributed by atoms with Gasteiger partial charge in [0.25, 0.3) is 0 Å². The lowest BCUT2D eigenvalue weighted by molar-refractivity contribution is -0.151. The van der Waals surface area contributed by atoms with E-state index in [1.54, 1.807) is 0 Å². The molecule has 7 nitrogen and oxygen atoms in total. The smallest absolute Gasteiger partial charge is 0.407 e. The molecule has 2 saturated carbocycles. The molecule has 0 saturated heterocycles. The number of carboxylic acid groups (broad SMARTS) is 1. The van der Waals surface area contributed by atoms with E-state index in [1.165, 1.54) is 16.0 Å². The average Bonchev–Trinajstić information content (AvgIpc) is 3.23. The van der Waals surface area contributed by atoms with Crippen molar-refractivity contribution in [1.82, 2.24) is 10.2 Å². The Morgan fingerprint density at radius 3 is 2.20 bits per heavy atom. The highest BCUT2D eigenvalue weighted by atomic mass is 16.5. The first-order valence-corrected chi connectivity index (χ1v) is 12.3. The molecule has 0 aliphatic heterocycles. The molecule has 2 aromatic carbocycles. The summed E-state index contributed by atoms with van der Waals surface area (Å²) in [7, 11) is 0. The number of fused-ring (bicyclic) bond motifs is 4. The van der Waals surface area contributed by atoms with E-state index in [4.69, 9.17) is 4.74 Å². The highest BCUT2D eigenvalue weighted by Gasteiger charge is 2.66. The van der Waals surface area contributed by atoms with Gasteiger partial charge < -0.3 is 20.1 Å². The van der Waals surface area contributed by atoms with Crippen LogP contribution >= 0.6 is 0 Å². The maximum atomic E-state index is 13.4. The normalized spacial score (nSPS) is 24.2. The molecule has 184 valence electrons. The molecule has 0 radical (unpaired) electrons. The predicted octanol–water partition coefficient (Wildman–Crippen LogP) is 4.41. The van der Waals surface area contributed by atoms with Crippen LogP contribution in [0.4, 0.5) is 4.79 Å². The third kappa shape index (κ3) is 4.17. The van der Waals surface area contributed by atoms with Gasteiger partial charge in [0, 0.05) is 17.5 Å². The number of nitrogens with one attached hydrogen (secondary N) is 1. The van der Waals surface area contributed by atoms with Crippen LogP contribution in [-0.4, -0.2) is 52.7 Å². The van der Waals surface area contributed by atoms with Crippen molar-refractivity contribution in [1.29, 1.82) is 0 Å². The number of ether oxygens (including phenoxy) is 1. The highest BCUT2D eigenvalue weighted by Crippen LogP contribution is 2.64. The summed E-state index contributed by atoms with van der Waals surface area (Å²) in [6.07, 6.45) is 1.51. The van der Waals surface area contributed by atoms with Gasteiger partial charge in [-0.3, -0.25) is 9.59 Å². The molecule has 2 fully saturated rings. The van der Waals surface area contributed by atoms with E-state index >= 15 is 0 Å². The minimum absolute atomic E-state index is 0.00517. The van der Waals surface area contributed by atoms with Gasteiger partial charge in [0.05, 0.1) is 5.41 Å². The van der Waals surface area contributed by atoms with Crippen LogP contribution in [-0.2, 0) is 14.3 Å². The lowest BCUT2D eigenvalue weighted by atomic mass is 9.96. The maximum Gasteiger partial charge on any atom is 0.407 e. The first-order valence-electron chi connectivity index (χ1n) is 12.3. The summed E-state index contributed by atoms with van der Waals surface area (Å²) in [5.74, 6) is -0.968. The Labute approximate surface area is 205 Å². The zero-order valence-corrected chi connectivity index (χ0v) is 20.4. The van der Waals surface area contributed by atoms with Gasteiger partial charge in [-0.15, -0.1) is 0 Å². The molecule has 5 rings (SSSR count). The van der Waals surface area contributed by atoms with Crippen molar-refractivity contribution in [3.63, 3.8) is 0 Å². The molecule has 0 aromatic heterocycles. The number of carboxylic acids is 1. The molecule has 3 aliphatic carbocycles. The molecule has 2 aromatic rings. The average molecular weight is 477 g/mol. The SMILES string of the molecule is CC(C)(C)N(CC(=O)O)C(=O)[C@]12C[C@H](NC(=O)OCC3c4ccccc4-c4ccccc43)C[C@H]1C2. The number of carbonyl (C=O) groups excluding carboxylic acids is 2. The van der Waals surface area contributed by atoms with Crippen molar-refractivity contribution in [2.24, 2.45) is 11.3 Å². The van der Waals surface area contributed by atoms with Crippen LogP contribution in [0.2, 0.25) is 0 Å². The molecule has 7 heteroatoms. The molecule has 0 bridgehead atoms. The standard InChI is InChI=1S/C28H32N2O5/c1-27(2,3)30(15-24(31)32)25(33)28-13-17(28)12-18(14-28)29-26(34)35-16-23-21-10-6-4-8-19(21)20-9-5-7-11-22(20)23/h4-11,17-18,23H,12-16H2,1-3H3,(H,29,34)(H,31,32)/t17-,18+,28+/m0/s1. The molecule has 2 amide bonds. The lowest BCUT2D eigenvalue weighted by Crippen LogP contribution is -2.51. The van der Waals surface area contributed by atoms with Gasteiger partial charge in [-0.2, -0.15) is 0 Å². The van der Waals surface area contributed by atoms with E-state index in [9.17, 15) is 19.5 Å². The van der Waals surface area contributed by atoms with Gasteiger partial charge in [-0.05, 0) is 68.2 Å². The number of nitrogens with zero attached hydrogens (tertiary/aromatic N) is 1. The second-order valence-corrected chi connectivity index (χ2v) is 11.1. The van der Waals surface area contributed by atoms with Crippen molar-refractivity contribution in [3.05, 3.63) is 59.7 Å². The highest BCUT2D eigenvalue weighted by molar-refractivity contribution is 5.90. The van der Waals surface area contributed by atoms with Crippen LogP contribution in [0.15, 0.2) is 48.5 Å². The topological polar surface area (TPSA) is 95.9 Å². The number of benzene rings is 2. The quantitative estimate of drug-likeness (QED) is 0.644. The Balaban J connectivity index is 1.21. The number of rotatable bonds is 6. The summed E-state index contributed by atoms with van der Waals surface area (Å²) >= 11 is 0. The van der Waals surface area contributed by atoms with Gasteiger partial charge in [-0.1, -0.05) is 48.5 Å². The summed E-state index contributed by atoms with van der Waals surface area (Å²) < 4.78 is 5.68. The Kier molecular flexibility index (Phi) is 5.61. The first kappa shape index (κ1) is 23.4. The third-order valence-corrected chi connectivity index (χ3v) is 7.85. The van der Waals surface area contributed by atoms with Crippen molar-refractivity contribution in [2.75, 3.05) is 13.2 Å². The summed E-state index contributed by atoms with van der Waals surface area (Å²) in [5.41, 5.74) is 3.53. The predicted molar refractivity (Wildman–Crippen MR) is 131 cm³/mol. The van der Waals surface area contributed by atoms with Crippen LogP contribution < -0.4 is 5.32 Å². The zero-order valence-electron chi connectivity index (χ0n) is 20.4. The minimum Gasteiger partial charge on any atom is -0.480 e. The van der Waals surface area contributed by atoms with Crippen LogP contribution in [0.3, 0.4) is 0 Å². The van der Waals surface area contributed by atoms with Gasteiger partial charge >= 0.3 is 12.1 Å². The first-order chi connectivity index (χ1) is 16.6. The second-order valence-electron chi connectivity index (χ2n) is 11.1. The third-order valence-electron chi connectivity index (χ3n) is 7.85. The number of carbonyl (C=O) groups is 3.